The fourth-order valence-corrected chi connectivity index (χ4v) is 3.70. The van der Waals surface area contributed by atoms with Gasteiger partial charge in [-0.05, 0) is 25.8 Å². The Bertz CT molecular complexity index is 729. The van der Waals surface area contributed by atoms with Gasteiger partial charge in [0.25, 0.3) is 5.69 Å². The van der Waals surface area contributed by atoms with Gasteiger partial charge in [0.2, 0.25) is 5.91 Å². The van der Waals surface area contributed by atoms with Gasteiger partial charge >= 0.3 is 0 Å². The van der Waals surface area contributed by atoms with Crippen LogP contribution < -0.4 is 16.0 Å². The molecule has 9 nitrogen and oxygen atoms in total. The van der Waals surface area contributed by atoms with Gasteiger partial charge in [-0.15, -0.1) is 0 Å². The molecule has 1 aliphatic carbocycles. The highest BCUT2D eigenvalue weighted by Crippen LogP contribution is 2.39. The van der Waals surface area contributed by atoms with Gasteiger partial charge in [-0.25, -0.2) is 0 Å². The number of aliphatic imine (C=N–C) groups is 1. The van der Waals surface area contributed by atoms with Crippen molar-refractivity contribution in [2.24, 2.45) is 10.4 Å². The van der Waals surface area contributed by atoms with Crippen molar-refractivity contribution in [3.8, 4) is 0 Å². The molecule has 2 rings (SSSR count). The summed E-state index contributed by atoms with van der Waals surface area (Å²) in [7, 11) is 3.59. The van der Waals surface area contributed by atoms with Crippen LogP contribution in [0.1, 0.15) is 32.6 Å². The lowest BCUT2D eigenvalue weighted by atomic mass is 9.85. The minimum Gasteiger partial charge on any atom is -0.378 e. The van der Waals surface area contributed by atoms with Gasteiger partial charge in [0.1, 0.15) is 5.69 Å². The molecule has 0 unspecified atom stereocenters. The molecule has 29 heavy (non-hydrogen) atoms. The van der Waals surface area contributed by atoms with Gasteiger partial charge in [0.05, 0.1) is 16.9 Å². The van der Waals surface area contributed by atoms with Crippen LogP contribution in [0.3, 0.4) is 0 Å². The van der Waals surface area contributed by atoms with Gasteiger partial charge < -0.3 is 20.9 Å². The monoisotopic (exact) mass is 404 g/mol. The van der Waals surface area contributed by atoms with Gasteiger partial charge in [-0.2, -0.15) is 0 Å². The van der Waals surface area contributed by atoms with E-state index in [0.29, 0.717) is 37.8 Å². The van der Waals surface area contributed by atoms with E-state index in [-0.39, 0.29) is 11.6 Å². The van der Waals surface area contributed by atoms with Crippen LogP contribution in [-0.2, 0) is 4.79 Å². The first-order valence-electron chi connectivity index (χ1n) is 10.1. The number of carbonyl (C=O) groups is 1. The molecule has 3 N–H and O–H groups in total. The van der Waals surface area contributed by atoms with E-state index < -0.39 is 10.3 Å². The number of hydrogen-bond acceptors (Lipinski definition) is 5. The molecule has 0 spiro atoms. The maximum atomic E-state index is 12.7. The Kier molecular flexibility index (Phi) is 8.23. The topological polar surface area (TPSA) is 112 Å². The van der Waals surface area contributed by atoms with Crippen molar-refractivity contribution in [3.63, 3.8) is 0 Å². The third-order valence-corrected chi connectivity index (χ3v) is 5.14. The van der Waals surface area contributed by atoms with E-state index in [2.05, 4.69) is 20.9 Å². The number of nitro groups is 1. The van der Waals surface area contributed by atoms with Crippen LogP contribution in [0.5, 0.6) is 0 Å². The predicted molar refractivity (Wildman–Crippen MR) is 115 cm³/mol. The number of carbonyl (C=O) groups excluding carboxylic acids is 1. The van der Waals surface area contributed by atoms with Crippen LogP contribution in [0.15, 0.2) is 29.3 Å². The Morgan fingerprint density at radius 2 is 1.90 bits per heavy atom. The smallest absolute Gasteiger partial charge is 0.292 e. The summed E-state index contributed by atoms with van der Waals surface area (Å²) in [6, 6.07) is 6.57. The molecule has 0 saturated heterocycles. The van der Waals surface area contributed by atoms with Gasteiger partial charge in [-0.3, -0.25) is 19.9 Å². The van der Waals surface area contributed by atoms with Crippen LogP contribution in [0.25, 0.3) is 0 Å². The zero-order chi connectivity index (χ0) is 21.3. The fourth-order valence-electron chi connectivity index (χ4n) is 3.70. The third kappa shape index (κ3) is 6.07. The normalized spacial score (nSPS) is 15.6. The van der Waals surface area contributed by atoms with Crippen molar-refractivity contribution in [2.75, 3.05) is 45.6 Å². The molecular weight excluding hydrogens is 372 g/mol. The van der Waals surface area contributed by atoms with Crippen LogP contribution in [0.4, 0.5) is 11.4 Å². The molecule has 1 fully saturated rings. The summed E-state index contributed by atoms with van der Waals surface area (Å²) in [4.78, 5) is 29.7. The molecule has 1 amide bonds. The summed E-state index contributed by atoms with van der Waals surface area (Å²) < 4.78 is 0. The summed E-state index contributed by atoms with van der Waals surface area (Å²) in [5, 5.41) is 20.6. The third-order valence-electron chi connectivity index (χ3n) is 5.14. The number of nitrogens with one attached hydrogen (secondary N) is 3. The number of guanidine groups is 1. The highest BCUT2D eigenvalue weighted by Gasteiger charge is 2.42. The molecule has 160 valence electrons. The van der Waals surface area contributed by atoms with Gasteiger partial charge in [0.15, 0.2) is 5.96 Å². The maximum Gasteiger partial charge on any atom is 0.292 e. The number of nitro benzene ring substituents is 1. The summed E-state index contributed by atoms with van der Waals surface area (Å²) in [5.41, 5.74) is 0.135. The number of hydrogen-bond donors (Lipinski definition) is 3. The fraction of sp³-hybridized carbons (Fsp3) is 0.600. The summed E-state index contributed by atoms with van der Waals surface area (Å²) >= 11 is 0. The lowest BCUT2D eigenvalue weighted by Gasteiger charge is -2.29. The highest BCUT2D eigenvalue weighted by molar-refractivity contribution is 5.84. The Morgan fingerprint density at radius 3 is 2.52 bits per heavy atom. The predicted octanol–water partition coefficient (Wildman–Crippen LogP) is 2.21. The highest BCUT2D eigenvalue weighted by atomic mass is 16.6. The molecule has 0 aliphatic heterocycles. The molecule has 1 saturated carbocycles. The number of rotatable bonds is 9. The molecule has 1 aromatic carbocycles. The molecule has 0 atom stereocenters. The van der Waals surface area contributed by atoms with E-state index in [9.17, 15) is 14.9 Å². The molecule has 9 heteroatoms. The molecule has 0 heterocycles. The minimum atomic E-state index is -0.408. The lowest BCUT2D eigenvalue weighted by Crippen LogP contribution is -2.43. The van der Waals surface area contributed by atoms with E-state index in [4.69, 9.17) is 0 Å². The maximum absolute atomic E-state index is 12.7. The number of para-hydroxylation sites is 2. The number of anilines is 1. The Hall–Kier alpha value is -2.84. The summed E-state index contributed by atoms with van der Waals surface area (Å²) in [6.07, 6.45) is 3.84. The molecule has 0 radical (unpaired) electrons. The van der Waals surface area contributed by atoms with Crippen molar-refractivity contribution in [2.45, 2.75) is 32.6 Å². The summed E-state index contributed by atoms with van der Waals surface area (Å²) in [6.45, 7) is 4.18. The lowest BCUT2D eigenvalue weighted by molar-refractivity contribution is -0.384. The van der Waals surface area contributed by atoms with E-state index in [1.165, 1.54) is 6.07 Å². The molecule has 0 bridgehead atoms. The van der Waals surface area contributed by atoms with Gasteiger partial charge in [-0.1, -0.05) is 25.0 Å². The van der Waals surface area contributed by atoms with Crippen molar-refractivity contribution < 1.29 is 9.72 Å². The van der Waals surface area contributed by atoms with Crippen molar-refractivity contribution in [1.82, 2.24) is 15.5 Å². The minimum absolute atomic E-state index is 0.0541. The standard InChI is InChI=1S/C20H32N6O3/c1-4-21-19(24-15-20(11-7-8-12-20)18(27)25(2)3)23-14-13-22-16-9-5-6-10-17(16)26(28)29/h5-6,9-10,22H,4,7-8,11-15H2,1-3H3,(H2,21,23,24). The second-order valence-electron chi connectivity index (χ2n) is 7.51. The van der Waals surface area contributed by atoms with Crippen LogP contribution in [-0.4, -0.2) is 62.0 Å². The average molecular weight is 405 g/mol. The molecule has 1 aliphatic rings. The van der Waals surface area contributed by atoms with E-state index >= 15 is 0 Å². The largest absolute Gasteiger partial charge is 0.378 e. The van der Waals surface area contributed by atoms with Crippen molar-refractivity contribution >= 4 is 23.2 Å². The van der Waals surface area contributed by atoms with Crippen molar-refractivity contribution in [3.05, 3.63) is 34.4 Å². The van der Waals surface area contributed by atoms with E-state index in [1.807, 2.05) is 6.92 Å². The second-order valence-corrected chi connectivity index (χ2v) is 7.51. The molecule has 1 aromatic rings. The van der Waals surface area contributed by atoms with E-state index in [1.54, 1.807) is 37.2 Å². The van der Waals surface area contributed by atoms with E-state index in [0.717, 1.165) is 25.7 Å². The zero-order valence-corrected chi connectivity index (χ0v) is 17.5. The Labute approximate surface area is 172 Å². The quantitative estimate of drug-likeness (QED) is 0.191. The average Bonchev–Trinajstić information content (AvgIpc) is 3.18. The first-order chi connectivity index (χ1) is 13.9. The zero-order valence-electron chi connectivity index (χ0n) is 17.5. The molecular formula is C20H32N6O3. The van der Waals surface area contributed by atoms with Gasteiger partial charge in [0, 0.05) is 39.8 Å². The van der Waals surface area contributed by atoms with Crippen LogP contribution >= 0.6 is 0 Å². The van der Waals surface area contributed by atoms with Crippen LogP contribution in [0, 0.1) is 15.5 Å². The second kappa shape index (κ2) is 10.6. The Morgan fingerprint density at radius 1 is 1.21 bits per heavy atom. The Balaban J connectivity index is 1.94. The first-order valence-corrected chi connectivity index (χ1v) is 10.1. The SMILES string of the molecule is CCNC(=NCC1(C(=O)N(C)C)CCCC1)NCCNc1ccccc1[N+](=O)[O-]. The number of benzene rings is 1. The molecule has 0 aromatic heterocycles. The van der Waals surface area contributed by atoms with Crippen LogP contribution in [0.2, 0.25) is 0 Å². The first kappa shape index (κ1) is 22.4. The number of nitrogens with zero attached hydrogens (tertiary/aromatic N) is 3. The number of amides is 1. The van der Waals surface area contributed by atoms with Crippen molar-refractivity contribution in [1.29, 1.82) is 0 Å². The summed E-state index contributed by atoms with van der Waals surface area (Å²) in [5.74, 6) is 0.794.